The molecule has 0 amide bonds. The molecular formula is C15H9N5OS. The second-order valence-corrected chi connectivity index (χ2v) is 5.96. The van der Waals surface area contributed by atoms with Crippen molar-refractivity contribution < 1.29 is 4.79 Å². The summed E-state index contributed by atoms with van der Waals surface area (Å²) in [7, 11) is 0. The van der Waals surface area contributed by atoms with Gasteiger partial charge in [0.05, 0.1) is 10.9 Å². The fourth-order valence-corrected chi connectivity index (χ4v) is 3.40. The molecule has 3 aromatic rings. The number of rotatable bonds is 2. The van der Waals surface area contributed by atoms with Crippen LogP contribution in [0.15, 0.2) is 35.6 Å². The van der Waals surface area contributed by atoms with E-state index in [1.807, 2.05) is 18.2 Å². The Balaban J connectivity index is 1.76. The van der Waals surface area contributed by atoms with Crippen LogP contribution in [0.5, 0.6) is 0 Å². The van der Waals surface area contributed by atoms with Gasteiger partial charge in [0.15, 0.2) is 5.12 Å². The quantitative estimate of drug-likeness (QED) is 0.756. The minimum atomic E-state index is 0.161. The van der Waals surface area contributed by atoms with Crippen molar-refractivity contribution in [3.63, 3.8) is 0 Å². The number of aromatic amines is 1. The number of nitriles is 1. The third kappa shape index (κ3) is 2.01. The van der Waals surface area contributed by atoms with Crippen LogP contribution in [0.2, 0.25) is 0 Å². The molecule has 0 aliphatic carbocycles. The number of H-pyrrole nitrogens is 1. The lowest BCUT2D eigenvalue weighted by molar-refractivity contribution is -0.110. The Labute approximate surface area is 129 Å². The van der Waals surface area contributed by atoms with Crippen molar-refractivity contribution in [1.29, 1.82) is 5.26 Å². The summed E-state index contributed by atoms with van der Waals surface area (Å²) in [5.74, 6) is 0.567. The minimum absolute atomic E-state index is 0.161. The molecule has 0 radical (unpaired) electrons. The zero-order valence-corrected chi connectivity index (χ0v) is 12.1. The Morgan fingerprint density at radius 2 is 2.27 bits per heavy atom. The Morgan fingerprint density at radius 1 is 1.36 bits per heavy atom. The van der Waals surface area contributed by atoms with Crippen LogP contribution in [0, 0.1) is 11.3 Å². The highest BCUT2D eigenvalue weighted by Crippen LogP contribution is 2.35. The SMILES string of the molecule is N#Cc1c[nH]c2ncnc(Nc3ccc4c(c3)SC(=O)C4)c12. The molecule has 2 N–H and O–H groups in total. The van der Waals surface area contributed by atoms with Crippen molar-refractivity contribution in [2.75, 3.05) is 5.32 Å². The van der Waals surface area contributed by atoms with Gasteiger partial charge in [0.2, 0.25) is 0 Å². The summed E-state index contributed by atoms with van der Waals surface area (Å²) in [5, 5.41) is 13.2. The van der Waals surface area contributed by atoms with Gasteiger partial charge in [-0.25, -0.2) is 9.97 Å². The Bertz CT molecular complexity index is 956. The van der Waals surface area contributed by atoms with E-state index in [9.17, 15) is 10.1 Å². The van der Waals surface area contributed by atoms with E-state index in [4.69, 9.17) is 0 Å². The van der Waals surface area contributed by atoms with E-state index in [1.54, 1.807) is 6.20 Å². The second kappa shape index (κ2) is 4.86. The molecule has 4 rings (SSSR count). The Hall–Kier alpha value is -2.85. The van der Waals surface area contributed by atoms with Crippen LogP contribution in [-0.2, 0) is 11.2 Å². The molecule has 7 heteroatoms. The summed E-state index contributed by atoms with van der Waals surface area (Å²) < 4.78 is 0. The largest absolute Gasteiger partial charge is 0.345 e. The summed E-state index contributed by atoms with van der Waals surface area (Å²) in [6, 6.07) is 7.90. The van der Waals surface area contributed by atoms with Crippen LogP contribution >= 0.6 is 11.8 Å². The smallest absolute Gasteiger partial charge is 0.198 e. The van der Waals surface area contributed by atoms with E-state index in [1.165, 1.54) is 18.1 Å². The van der Waals surface area contributed by atoms with Gasteiger partial charge in [-0.2, -0.15) is 5.26 Å². The van der Waals surface area contributed by atoms with Gasteiger partial charge in [-0.3, -0.25) is 4.79 Å². The van der Waals surface area contributed by atoms with E-state index in [0.29, 0.717) is 28.8 Å². The standard InChI is InChI=1S/C15H9N5OS/c16-5-9-6-17-14-13(9)15(19-7-18-14)20-10-2-1-8-3-12(21)22-11(8)4-10/h1-2,4,6-7H,3H2,(H2,17,18,19,20). The molecular weight excluding hydrogens is 298 g/mol. The van der Waals surface area contributed by atoms with Crippen LogP contribution in [-0.4, -0.2) is 20.1 Å². The maximum Gasteiger partial charge on any atom is 0.198 e. The molecule has 2 aromatic heterocycles. The Kier molecular flexibility index (Phi) is 2.84. The molecule has 1 aromatic carbocycles. The minimum Gasteiger partial charge on any atom is -0.345 e. The zero-order chi connectivity index (χ0) is 15.1. The summed E-state index contributed by atoms with van der Waals surface area (Å²) in [4.78, 5) is 23.7. The zero-order valence-electron chi connectivity index (χ0n) is 11.3. The van der Waals surface area contributed by atoms with Gasteiger partial charge in [-0.05, 0) is 17.7 Å². The van der Waals surface area contributed by atoms with E-state index in [2.05, 4.69) is 26.3 Å². The number of nitrogens with zero attached hydrogens (tertiary/aromatic N) is 3. The highest BCUT2D eigenvalue weighted by molar-refractivity contribution is 8.14. The molecule has 22 heavy (non-hydrogen) atoms. The molecule has 106 valence electrons. The number of nitrogens with one attached hydrogen (secondary N) is 2. The highest BCUT2D eigenvalue weighted by Gasteiger charge is 2.20. The first-order valence-corrected chi connectivity index (χ1v) is 7.39. The van der Waals surface area contributed by atoms with E-state index in [0.717, 1.165) is 16.1 Å². The number of carbonyl (C=O) groups excluding carboxylic acids is 1. The monoisotopic (exact) mass is 307 g/mol. The average Bonchev–Trinajstić information content (AvgIpc) is 3.09. The number of fused-ring (bicyclic) bond motifs is 2. The van der Waals surface area contributed by atoms with Gasteiger partial charge in [0.25, 0.3) is 0 Å². The van der Waals surface area contributed by atoms with Crippen LogP contribution in [0.25, 0.3) is 11.0 Å². The van der Waals surface area contributed by atoms with Gasteiger partial charge in [0, 0.05) is 23.2 Å². The van der Waals surface area contributed by atoms with Crippen molar-refractivity contribution in [2.24, 2.45) is 0 Å². The van der Waals surface area contributed by atoms with Gasteiger partial charge in [-0.15, -0.1) is 0 Å². The topological polar surface area (TPSA) is 94.5 Å². The van der Waals surface area contributed by atoms with E-state index in [-0.39, 0.29) is 5.12 Å². The molecule has 0 atom stereocenters. The van der Waals surface area contributed by atoms with E-state index >= 15 is 0 Å². The molecule has 3 heterocycles. The number of thioether (sulfide) groups is 1. The number of carbonyl (C=O) groups is 1. The average molecular weight is 307 g/mol. The molecule has 0 saturated carbocycles. The molecule has 0 spiro atoms. The molecule has 1 aliphatic heterocycles. The van der Waals surface area contributed by atoms with Gasteiger partial charge in [-0.1, -0.05) is 17.8 Å². The first-order chi connectivity index (χ1) is 10.7. The fourth-order valence-electron chi connectivity index (χ4n) is 2.47. The van der Waals surface area contributed by atoms with Crippen molar-refractivity contribution in [3.05, 3.63) is 41.9 Å². The van der Waals surface area contributed by atoms with Gasteiger partial charge in [0.1, 0.15) is 23.9 Å². The first-order valence-electron chi connectivity index (χ1n) is 6.57. The third-order valence-corrected chi connectivity index (χ3v) is 4.45. The normalized spacial score (nSPS) is 13.1. The van der Waals surface area contributed by atoms with Crippen molar-refractivity contribution in [2.45, 2.75) is 11.3 Å². The number of hydrogen-bond acceptors (Lipinski definition) is 6. The van der Waals surface area contributed by atoms with Crippen molar-refractivity contribution >= 4 is 39.4 Å². The van der Waals surface area contributed by atoms with Crippen LogP contribution < -0.4 is 5.32 Å². The van der Waals surface area contributed by atoms with Gasteiger partial charge >= 0.3 is 0 Å². The summed E-state index contributed by atoms with van der Waals surface area (Å²) in [6.45, 7) is 0. The number of benzene rings is 1. The van der Waals surface area contributed by atoms with Crippen molar-refractivity contribution in [1.82, 2.24) is 15.0 Å². The summed E-state index contributed by atoms with van der Waals surface area (Å²) >= 11 is 1.26. The number of aromatic nitrogens is 3. The fraction of sp³-hybridized carbons (Fsp3) is 0.0667. The van der Waals surface area contributed by atoms with Crippen LogP contribution in [0.1, 0.15) is 11.1 Å². The van der Waals surface area contributed by atoms with Crippen LogP contribution in [0.4, 0.5) is 11.5 Å². The highest BCUT2D eigenvalue weighted by atomic mass is 32.2. The summed E-state index contributed by atoms with van der Waals surface area (Å²) in [5.41, 5.74) is 2.97. The lowest BCUT2D eigenvalue weighted by Gasteiger charge is -2.08. The molecule has 0 unspecified atom stereocenters. The molecule has 1 aliphatic rings. The number of hydrogen-bond donors (Lipinski definition) is 2. The predicted molar refractivity (Wildman–Crippen MR) is 82.9 cm³/mol. The first kappa shape index (κ1) is 12.9. The second-order valence-electron chi connectivity index (χ2n) is 4.86. The summed E-state index contributed by atoms with van der Waals surface area (Å²) in [6.07, 6.45) is 3.53. The third-order valence-electron chi connectivity index (χ3n) is 3.48. The molecule has 6 nitrogen and oxygen atoms in total. The maximum atomic E-state index is 11.5. The number of anilines is 2. The maximum absolute atomic E-state index is 11.5. The van der Waals surface area contributed by atoms with Crippen molar-refractivity contribution in [3.8, 4) is 6.07 Å². The van der Waals surface area contributed by atoms with E-state index < -0.39 is 0 Å². The van der Waals surface area contributed by atoms with Gasteiger partial charge < -0.3 is 10.3 Å². The van der Waals surface area contributed by atoms with Crippen LogP contribution in [0.3, 0.4) is 0 Å². The molecule has 0 fully saturated rings. The molecule has 0 bridgehead atoms. The lowest BCUT2D eigenvalue weighted by Crippen LogP contribution is -1.96. The Morgan fingerprint density at radius 3 is 3.14 bits per heavy atom. The predicted octanol–water partition coefficient (Wildman–Crippen LogP) is 2.75. The lowest BCUT2D eigenvalue weighted by atomic mass is 10.1. The molecule has 0 saturated heterocycles.